The molecule has 122 valence electrons. The molecule has 0 atom stereocenters. The van der Waals surface area contributed by atoms with Crippen LogP contribution in [0.15, 0.2) is 36.5 Å². The van der Waals surface area contributed by atoms with Gasteiger partial charge in [-0.05, 0) is 12.8 Å². The number of amides is 1. The molecule has 2 aromatic rings. The molecule has 4 nitrogen and oxygen atoms in total. The number of aromatic amines is 1. The van der Waals surface area contributed by atoms with Crippen LogP contribution in [0, 0.1) is 5.92 Å². The Bertz CT molecular complexity index is 677. The summed E-state index contributed by atoms with van der Waals surface area (Å²) in [5.74, 6) is -0.113. The van der Waals surface area contributed by atoms with Crippen molar-refractivity contribution in [2.24, 2.45) is 5.92 Å². The average Bonchev–Trinajstić information content (AvgIpc) is 3.25. The number of benzene rings is 1. The van der Waals surface area contributed by atoms with E-state index in [0.717, 1.165) is 10.5 Å². The molecule has 7 heteroatoms. The summed E-state index contributed by atoms with van der Waals surface area (Å²) in [4.78, 5) is 20.1. The first-order valence-corrected chi connectivity index (χ1v) is 7.37. The second kappa shape index (κ2) is 6.06. The van der Waals surface area contributed by atoms with Gasteiger partial charge in [-0.2, -0.15) is 13.2 Å². The highest BCUT2D eigenvalue weighted by atomic mass is 19.4. The quantitative estimate of drug-likeness (QED) is 0.917. The maximum absolute atomic E-state index is 12.7. The van der Waals surface area contributed by atoms with E-state index in [2.05, 4.69) is 9.97 Å². The second-order valence-electron chi connectivity index (χ2n) is 5.71. The van der Waals surface area contributed by atoms with Crippen molar-refractivity contribution < 1.29 is 18.0 Å². The molecule has 1 N–H and O–H groups in total. The monoisotopic (exact) mass is 323 g/mol. The Morgan fingerprint density at radius 3 is 2.57 bits per heavy atom. The molecule has 1 aromatic heterocycles. The molecule has 1 amide bonds. The lowest BCUT2D eigenvalue weighted by Crippen LogP contribution is -2.39. The van der Waals surface area contributed by atoms with E-state index in [-0.39, 0.29) is 12.5 Å². The summed E-state index contributed by atoms with van der Waals surface area (Å²) in [6.45, 7) is -1.35. The van der Waals surface area contributed by atoms with Crippen LogP contribution < -0.4 is 0 Å². The van der Waals surface area contributed by atoms with Crippen LogP contribution in [0.5, 0.6) is 0 Å². The molecule has 1 saturated carbocycles. The van der Waals surface area contributed by atoms with Crippen molar-refractivity contribution in [1.82, 2.24) is 14.9 Å². The molecular formula is C16H16F3N3O. The van der Waals surface area contributed by atoms with Crippen LogP contribution in [0.1, 0.15) is 18.5 Å². The minimum absolute atomic E-state index is 0.116. The van der Waals surface area contributed by atoms with Crippen LogP contribution in [0.3, 0.4) is 0 Å². The summed E-state index contributed by atoms with van der Waals surface area (Å²) in [7, 11) is 0. The van der Waals surface area contributed by atoms with Gasteiger partial charge in [0.05, 0.1) is 18.4 Å². The van der Waals surface area contributed by atoms with Crippen LogP contribution in [0.2, 0.25) is 0 Å². The molecule has 1 fully saturated rings. The molecule has 0 saturated heterocycles. The van der Waals surface area contributed by atoms with E-state index >= 15 is 0 Å². The van der Waals surface area contributed by atoms with Crippen molar-refractivity contribution in [3.63, 3.8) is 0 Å². The fourth-order valence-corrected chi connectivity index (χ4v) is 2.40. The molecule has 3 rings (SSSR count). The fourth-order valence-electron chi connectivity index (χ4n) is 2.40. The molecule has 1 aliphatic carbocycles. The van der Waals surface area contributed by atoms with Gasteiger partial charge in [0.25, 0.3) is 0 Å². The lowest BCUT2D eigenvalue weighted by Gasteiger charge is -2.23. The third-order valence-corrected chi connectivity index (χ3v) is 3.65. The largest absolute Gasteiger partial charge is 0.406 e. The first-order chi connectivity index (χ1) is 10.9. The summed E-state index contributed by atoms with van der Waals surface area (Å²) in [5, 5.41) is 0. The smallest absolute Gasteiger partial charge is 0.340 e. The number of imidazole rings is 1. The molecule has 0 unspecified atom stereocenters. The number of hydrogen-bond donors (Lipinski definition) is 1. The first-order valence-electron chi connectivity index (χ1n) is 7.37. The summed E-state index contributed by atoms with van der Waals surface area (Å²) in [6, 6.07) is 9.28. The zero-order valence-corrected chi connectivity index (χ0v) is 12.3. The van der Waals surface area contributed by atoms with Crippen molar-refractivity contribution in [3.05, 3.63) is 42.2 Å². The van der Waals surface area contributed by atoms with Gasteiger partial charge in [-0.3, -0.25) is 4.79 Å². The van der Waals surface area contributed by atoms with Gasteiger partial charge < -0.3 is 9.88 Å². The zero-order chi connectivity index (χ0) is 16.4. The van der Waals surface area contributed by atoms with E-state index in [1.54, 1.807) is 0 Å². The van der Waals surface area contributed by atoms with E-state index in [1.807, 2.05) is 30.3 Å². The number of H-pyrrole nitrogens is 1. The van der Waals surface area contributed by atoms with Crippen molar-refractivity contribution in [3.8, 4) is 11.4 Å². The Morgan fingerprint density at radius 2 is 1.96 bits per heavy atom. The van der Waals surface area contributed by atoms with Crippen LogP contribution in [0.25, 0.3) is 11.4 Å². The number of halogens is 3. The number of carbonyl (C=O) groups excluding carboxylic acids is 1. The number of aromatic nitrogens is 2. The van der Waals surface area contributed by atoms with Crippen LogP contribution in [0.4, 0.5) is 13.2 Å². The Balaban J connectivity index is 1.74. The van der Waals surface area contributed by atoms with Crippen molar-refractivity contribution in [2.45, 2.75) is 25.6 Å². The first kappa shape index (κ1) is 15.6. The molecule has 23 heavy (non-hydrogen) atoms. The SMILES string of the molecule is O=C(C1CC1)N(Cc1cnc(-c2ccccc2)[nH]1)CC(F)(F)F. The van der Waals surface area contributed by atoms with Crippen LogP contribution in [-0.4, -0.2) is 33.5 Å². The molecular weight excluding hydrogens is 307 g/mol. The summed E-state index contributed by atoms with van der Waals surface area (Å²) in [5.41, 5.74) is 1.33. The highest BCUT2D eigenvalue weighted by Crippen LogP contribution is 2.32. The van der Waals surface area contributed by atoms with E-state index < -0.39 is 18.6 Å². The second-order valence-corrected chi connectivity index (χ2v) is 5.71. The fraction of sp³-hybridized carbons (Fsp3) is 0.375. The Morgan fingerprint density at radius 1 is 1.26 bits per heavy atom. The predicted molar refractivity (Wildman–Crippen MR) is 78.2 cm³/mol. The van der Waals surface area contributed by atoms with Crippen molar-refractivity contribution >= 4 is 5.91 Å². The number of carbonyl (C=O) groups is 1. The number of nitrogens with zero attached hydrogens (tertiary/aromatic N) is 2. The van der Waals surface area contributed by atoms with Gasteiger partial charge in [-0.1, -0.05) is 30.3 Å². The summed E-state index contributed by atoms with van der Waals surface area (Å²) >= 11 is 0. The summed E-state index contributed by atoms with van der Waals surface area (Å²) < 4.78 is 38.1. The standard InChI is InChI=1S/C16H16F3N3O/c17-16(18,19)10-22(15(23)12-6-7-12)9-13-8-20-14(21-13)11-4-2-1-3-5-11/h1-5,8,12H,6-7,9-10H2,(H,20,21). The molecule has 0 bridgehead atoms. The van der Waals surface area contributed by atoms with Gasteiger partial charge in [0.1, 0.15) is 12.4 Å². The minimum Gasteiger partial charge on any atom is -0.340 e. The van der Waals surface area contributed by atoms with Crippen molar-refractivity contribution in [1.29, 1.82) is 0 Å². The average molecular weight is 323 g/mol. The number of hydrogen-bond acceptors (Lipinski definition) is 2. The van der Waals surface area contributed by atoms with Gasteiger partial charge in [0.15, 0.2) is 0 Å². The molecule has 1 aliphatic rings. The summed E-state index contributed by atoms with van der Waals surface area (Å²) in [6.07, 6.45) is -1.59. The molecule has 0 spiro atoms. The molecule has 0 radical (unpaired) electrons. The minimum atomic E-state index is -4.41. The Hall–Kier alpha value is -2.31. The molecule has 1 aromatic carbocycles. The Labute approximate surface area is 131 Å². The Kier molecular flexibility index (Phi) is 4.11. The third kappa shape index (κ3) is 4.12. The maximum Gasteiger partial charge on any atom is 0.406 e. The number of nitrogens with one attached hydrogen (secondary N) is 1. The molecule has 1 heterocycles. The zero-order valence-electron chi connectivity index (χ0n) is 12.3. The lowest BCUT2D eigenvalue weighted by atomic mass is 10.2. The highest BCUT2D eigenvalue weighted by molar-refractivity contribution is 5.81. The number of rotatable bonds is 5. The van der Waals surface area contributed by atoms with Gasteiger partial charge in [0, 0.05) is 11.5 Å². The van der Waals surface area contributed by atoms with E-state index in [1.165, 1.54) is 6.20 Å². The topological polar surface area (TPSA) is 49.0 Å². The van der Waals surface area contributed by atoms with Gasteiger partial charge >= 0.3 is 6.18 Å². The maximum atomic E-state index is 12.7. The number of alkyl halides is 3. The van der Waals surface area contributed by atoms with Gasteiger partial charge in [-0.15, -0.1) is 0 Å². The molecule has 0 aliphatic heterocycles. The van der Waals surface area contributed by atoms with Gasteiger partial charge in [0.2, 0.25) is 5.91 Å². The van der Waals surface area contributed by atoms with Crippen molar-refractivity contribution in [2.75, 3.05) is 6.54 Å². The highest BCUT2D eigenvalue weighted by Gasteiger charge is 2.39. The van der Waals surface area contributed by atoms with E-state index in [0.29, 0.717) is 24.4 Å². The third-order valence-electron chi connectivity index (χ3n) is 3.65. The van der Waals surface area contributed by atoms with E-state index in [9.17, 15) is 18.0 Å². The van der Waals surface area contributed by atoms with Crippen LogP contribution >= 0.6 is 0 Å². The normalized spacial score (nSPS) is 14.7. The van der Waals surface area contributed by atoms with E-state index in [4.69, 9.17) is 0 Å². The lowest BCUT2D eigenvalue weighted by molar-refractivity contribution is -0.163. The van der Waals surface area contributed by atoms with Crippen LogP contribution in [-0.2, 0) is 11.3 Å². The predicted octanol–water partition coefficient (Wildman–Crippen LogP) is 3.38. The van der Waals surface area contributed by atoms with Gasteiger partial charge in [-0.25, -0.2) is 4.98 Å².